The van der Waals surface area contributed by atoms with Crippen LogP contribution in [0.5, 0.6) is 0 Å². The first-order chi connectivity index (χ1) is 9.85. The van der Waals surface area contributed by atoms with E-state index >= 15 is 0 Å². The van der Waals surface area contributed by atoms with Crippen molar-refractivity contribution in [1.82, 2.24) is 10.2 Å². The van der Waals surface area contributed by atoms with Crippen LogP contribution in [0.25, 0.3) is 0 Å². The van der Waals surface area contributed by atoms with Gasteiger partial charge in [-0.2, -0.15) is 0 Å². The summed E-state index contributed by atoms with van der Waals surface area (Å²) in [6.07, 6.45) is 9.46. The Labute approximate surface area is 129 Å². The van der Waals surface area contributed by atoms with Crippen LogP contribution in [0.2, 0.25) is 0 Å². The van der Waals surface area contributed by atoms with Crippen molar-refractivity contribution in [2.75, 3.05) is 19.6 Å². The van der Waals surface area contributed by atoms with Crippen LogP contribution in [0, 0.1) is 18.3 Å². The molecule has 120 valence electrons. The van der Waals surface area contributed by atoms with Gasteiger partial charge < -0.3 is 15.0 Å². The lowest BCUT2D eigenvalue weighted by molar-refractivity contribution is 0.0183. The molecular formula is C17H30N2O2. The van der Waals surface area contributed by atoms with E-state index in [0.29, 0.717) is 5.92 Å². The molecule has 0 aliphatic carbocycles. The van der Waals surface area contributed by atoms with E-state index < -0.39 is 5.60 Å². The Hall–Kier alpha value is -1.21. The second kappa shape index (κ2) is 8.29. The number of nitrogens with zero attached hydrogens (tertiary/aromatic N) is 1. The van der Waals surface area contributed by atoms with Crippen LogP contribution in [0.3, 0.4) is 0 Å². The van der Waals surface area contributed by atoms with Crippen molar-refractivity contribution >= 4 is 6.09 Å². The number of carbonyl (C=O) groups is 1. The fourth-order valence-corrected chi connectivity index (χ4v) is 2.49. The Morgan fingerprint density at radius 2 is 2.05 bits per heavy atom. The normalized spacial score (nSPS) is 18.1. The number of ether oxygens (including phenoxy) is 1. The van der Waals surface area contributed by atoms with Gasteiger partial charge in [0, 0.05) is 13.1 Å². The molecule has 1 amide bonds. The minimum absolute atomic E-state index is 0.180. The first-order valence-electron chi connectivity index (χ1n) is 8.03. The summed E-state index contributed by atoms with van der Waals surface area (Å²) in [7, 11) is 0. The van der Waals surface area contributed by atoms with Crippen LogP contribution in [0.1, 0.15) is 53.4 Å². The van der Waals surface area contributed by atoms with E-state index in [-0.39, 0.29) is 12.1 Å². The first kappa shape index (κ1) is 17.8. The molecule has 0 aromatic carbocycles. The molecule has 4 heteroatoms. The summed E-state index contributed by atoms with van der Waals surface area (Å²) in [5.74, 6) is 3.39. The molecule has 1 aliphatic rings. The molecule has 4 nitrogen and oxygen atoms in total. The predicted octanol–water partition coefficient (Wildman–Crippen LogP) is 3.03. The lowest BCUT2D eigenvalue weighted by Gasteiger charge is -2.33. The molecule has 0 aromatic heterocycles. The third-order valence-corrected chi connectivity index (χ3v) is 3.70. The monoisotopic (exact) mass is 294 g/mol. The maximum Gasteiger partial charge on any atom is 0.410 e. The van der Waals surface area contributed by atoms with Gasteiger partial charge in [-0.25, -0.2) is 4.79 Å². The summed E-state index contributed by atoms with van der Waals surface area (Å²) < 4.78 is 5.40. The largest absolute Gasteiger partial charge is 0.444 e. The van der Waals surface area contributed by atoms with Crippen LogP contribution < -0.4 is 5.32 Å². The summed E-state index contributed by atoms with van der Waals surface area (Å²) in [4.78, 5) is 13.8. The highest BCUT2D eigenvalue weighted by atomic mass is 16.6. The SMILES string of the molecule is C#CC(CCC)NCC1CCN(C(=O)OC(C)(C)C)CC1. The molecule has 1 N–H and O–H groups in total. The minimum atomic E-state index is -0.421. The highest BCUT2D eigenvalue weighted by Crippen LogP contribution is 2.19. The molecule has 1 aliphatic heterocycles. The van der Waals surface area contributed by atoms with E-state index in [1.54, 1.807) is 0 Å². The van der Waals surface area contributed by atoms with Crippen LogP contribution in [0.4, 0.5) is 4.79 Å². The van der Waals surface area contributed by atoms with Crippen molar-refractivity contribution in [2.45, 2.75) is 65.0 Å². The first-order valence-corrected chi connectivity index (χ1v) is 8.03. The lowest BCUT2D eigenvalue weighted by Crippen LogP contribution is -2.44. The van der Waals surface area contributed by atoms with Crippen molar-refractivity contribution in [3.05, 3.63) is 0 Å². The van der Waals surface area contributed by atoms with Gasteiger partial charge in [-0.05, 0) is 52.5 Å². The zero-order chi connectivity index (χ0) is 15.9. The standard InChI is InChI=1S/C17H30N2O2/c1-6-8-15(7-2)18-13-14-9-11-19(12-10-14)16(20)21-17(3,4)5/h2,14-15,18H,6,8-13H2,1,3-5H3. The maximum absolute atomic E-state index is 12.0. The summed E-state index contributed by atoms with van der Waals surface area (Å²) in [6, 6.07) is 0.180. The summed E-state index contributed by atoms with van der Waals surface area (Å²) in [6.45, 7) is 10.3. The second-order valence-corrected chi connectivity index (χ2v) is 6.83. The van der Waals surface area contributed by atoms with Crippen LogP contribution in [-0.2, 0) is 4.74 Å². The number of nitrogens with one attached hydrogen (secondary N) is 1. The second-order valence-electron chi connectivity index (χ2n) is 6.83. The fourth-order valence-electron chi connectivity index (χ4n) is 2.49. The molecule has 1 unspecified atom stereocenters. The van der Waals surface area contributed by atoms with Gasteiger partial charge in [-0.1, -0.05) is 19.3 Å². The molecule has 1 heterocycles. The smallest absolute Gasteiger partial charge is 0.410 e. The molecule has 0 radical (unpaired) electrons. The Morgan fingerprint density at radius 3 is 2.52 bits per heavy atom. The van der Waals surface area contributed by atoms with Gasteiger partial charge in [0.15, 0.2) is 0 Å². The van der Waals surface area contributed by atoms with Gasteiger partial charge >= 0.3 is 6.09 Å². The van der Waals surface area contributed by atoms with Crippen molar-refractivity contribution in [3.8, 4) is 12.3 Å². The van der Waals surface area contributed by atoms with E-state index in [4.69, 9.17) is 11.2 Å². The van der Waals surface area contributed by atoms with Crippen LogP contribution in [0.15, 0.2) is 0 Å². The van der Waals surface area contributed by atoms with Crippen molar-refractivity contribution in [1.29, 1.82) is 0 Å². The Balaban J connectivity index is 2.29. The van der Waals surface area contributed by atoms with E-state index in [2.05, 4.69) is 18.2 Å². The topological polar surface area (TPSA) is 41.6 Å². The molecular weight excluding hydrogens is 264 g/mol. The van der Waals surface area contributed by atoms with Gasteiger partial charge in [-0.15, -0.1) is 6.42 Å². The number of likely N-dealkylation sites (tertiary alicyclic amines) is 1. The third kappa shape index (κ3) is 6.86. The third-order valence-electron chi connectivity index (χ3n) is 3.70. The number of carbonyl (C=O) groups excluding carboxylic acids is 1. The Morgan fingerprint density at radius 1 is 1.43 bits per heavy atom. The molecule has 1 fully saturated rings. The lowest BCUT2D eigenvalue weighted by atomic mass is 9.96. The van der Waals surface area contributed by atoms with Crippen molar-refractivity contribution in [3.63, 3.8) is 0 Å². The van der Waals surface area contributed by atoms with E-state index in [1.807, 2.05) is 25.7 Å². The maximum atomic E-state index is 12.0. The zero-order valence-electron chi connectivity index (χ0n) is 13.9. The molecule has 0 saturated carbocycles. The fraction of sp³-hybridized carbons (Fsp3) is 0.824. The number of terminal acetylenes is 1. The number of rotatable bonds is 5. The van der Waals surface area contributed by atoms with Gasteiger partial charge in [0.25, 0.3) is 0 Å². The van der Waals surface area contributed by atoms with E-state index in [1.165, 1.54) is 0 Å². The van der Waals surface area contributed by atoms with Crippen LogP contribution >= 0.6 is 0 Å². The van der Waals surface area contributed by atoms with Gasteiger partial charge in [-0.3, -0.25) is 0 Å². The molecule has 0 bridgehead atoms. The summed E-state index contributed by atoms with van der Waals surface area (Å²) in [5, 5.41) is 3.45. The van der Waals surface area contributed by atoms with Gasteiger partial charge in [0.05, 0.1) is 6.04 Å². The zero-order valence-corrected chi connectivity index (χ0v) is 13.9. The molecule has 21 heavy (non-hydrogen) atoms. The van der Waals surface area contributed by atoms with E-state index in [0.717, 1.165) is 45.3 Å². The number of amides is 1. The molecule has 0 spiro atoms. The highest BCUT2D eigenvalue weighted by Gasteiger charge is 2.26. The number of piperidine rings is 1. The molecule has 1 saturated heterocycles. The quantitative estimate of drug-likeness (QED) is 0.793. The van der Waals surface area contributed by atoms with Gasteiger partial charge in [0.1, 0.15) is 5.60 Å². The van der Waals surface area contributed by atoms with Crippen molar-refractivity contribution in [2.24, 2.45) is 5.92 Å². The Bertz CT molecular complexity index is 360. The van der Waals surface area contributed by atoms with E-state index in [9.17, 15) is 4.79 Å². The average molecular weight is 294 g/mol. The highest BCUT2D eigenvalue weighted by molar-refractivity contribution is 5.68. The molecule has 1 rings (SSSR count). The minimum Gasteiger partial charge on any atom is -0.444 e. The van der Waals surface area contributed by atoms with Crippen LogP contribution in [-0.4, -0.2) is 42.3 Å². The number of hydrogen-bond acceptors (Lipinski definition) is 3. The summed E-state index contributed by atoms with van der Waals surface area (Å²) in [5.41, 5.74) is -0.421. The summed E-state index contributed by atoms with van der Waals surface area (Å²) >= 11 is 0. The van der Waals surface area contributed by atoms with Crippen molar-refractivity contribution < 1.29 is 9.53 Å². The molecule has 1 atom stereocenters. The predicted molar refractivity (Wildman–Crippen MR) is 86.1 cm³/mol. The van der Waals surface area contributed by atoms with Gasteiger partial charge in [0.2, 0.25) is 0 Å². The average Bonchev–Trinajstić information content (AvgIpc) is 2.42. The Kier molecular flexibility index (Phi) is 7.04. The molecule has 0 aromatic rings. The number of hydrogen-bond donors (Lipinski definition) is 1.